The van der Waals surface area contributed by atoms with E-state index in [-0.39, 0.29) is 4.50 Å². The molecule has 0 amide bonds. The van der Waals surface area contributed by atoms with E-state index in [2.05, 4.69) is 0 Å². The van der Waals surface area contributed by atoms with Crippen LogP contribution < -0.4 is 0 Å². The molecule has 0 N–H and O–H groups in total. The van der Waals surface area contributed by atoms with Crippen molar-refractivity contribution in [3.05, 3.63) is 0 Å². The van der Waals surface area contributed by atoms with Crippen molar-refractivity contribution in [2.45, 2.75) is 18.3 Å². The number of hydrogen-bond acceptors (Lipinski definition) is 0. The Hall–Kier alpha value is 0.797. The SMILES string of the molecule is CC(C)(Cl)[SiH2]Cl. The predicted molar refractivity (Wildman–Crippen MR) is 34.3 cm³/mol. The summed E-state index contributed by atoms with van der Waals surface area (Å²) in [6.07, 6.45) is 0. The number of alkyl halides is 1. The first-order valence-corrected chi connectivity index (χ1v) is 5.03. The normalized spacial score (nSPS) is 14.0. The topological polar surface area (TPSA) is 0 Å². The van der Waals surface area contributed by atoms with E-state index in [9.17, 15) is 0 Å². The molecule has 0 aliphatic heterocycles. The third-order valence-corrected chi connectivity index (χ3v) is 3.77. The summed E-state index contributed by atoms with van der Waals surface area (Å²) < 4.78 is -0.0818. The van der Waals surface area contributed by atoms with Crippen LogP contribution in [0.5, 0.6) is 0 Å². The molecular weight excluding hydrogens is 135 g/mol. The van der Waals surface area contributed by atoms with Crippen LogP contribution in [0.3, 0.4) is 0 Å². The van der Waals surface area contributed by atoms with E-state index in [1.807, 2.05) is 13.8 Å². The highest BCUT2D eigenvalue weighted by atomic mass is 35.6. The van der Waals surface area contributed by atoms with E-state index >= 15 is 0 Å². The van der Waals surface area contributed by atoms with Crippen molar-refractivity contribution in [1.29, 1.82) is 0 Å². The van der Waals surface area contributed by atoms with Crippen LogP contribution in [0.2, 0.25) is 0 Å². The van der Waals surface area contributed by atoms with Gasteiger partial charge in [0.05, 0.1) is 0 Å². The largest absolute Gasteiger partial charge is 0.174 e. The van der Waals surface area contributed by atoms with Gasteiger partial charge in [-0.2, -0.15) is 11.1 Å². The Morgan fingerprint density at radius 1 is 1.50 bits per heavy atom. The van der Waals surface area contributed by atoms with E-state index in [1.54, 1.807) is 0 Å². The van der Waals surface area contributed by atoms with Gasteiger partial charge in [-0.05, 0) is 13.8 Å². The van der Waals surface area contributed by atoms with Crippen LogP contribution in [-0.4, -0.2) is 13.3 Å². The average Bonchev–Trinajstić information content (AvgIpc) is 1.35. The van der Waals surface area contributed by atoms with E-state index in [4.69, 9.17) is 22.7 Å². The molecule has 0 heterocycles. The molecular formula is C3H8Cl2Si. The zero-order valence-electron chi connectivity index (χ0n) is 3.96. The van der Waals surface area contributed by atoms with Gasteiger partial charge in [-0.15, -0.1) is 11.6 Å². The quantitative estimate of drug-likeness (QED) is 0.294. The van der Waals surface area contributed by atoms with Crippen molar-refractivity contribution in [2.75, 3.05) is 0 Å². The molecule has 0 unspecified atom stereocenters. The van der Waals surface area contributed by atoms with Gasteiger partial charge >= 0.3 is 0 Å². The monoisotopic (exact) mass is 142 g/mol. The fourth-order valence-electron chi connectivity index (χ4n) is 0. The lowest BCUT2D eigenvalue weighted by atomic mass is 10.5. The first kappa shape index (κ1) is 6.80. The van der Waals surface area contributed by atoms with Gasteiger partial charge in [-0.1, -0.05) is 0 Å². The second-order valence-electron chi connectivity index (χ2n) is 1.85. The van der Waals surface area contributed by atoms with E-state index in [1.165, 1.54) is 0 Å². The lowest BCUT2D eigenvalue weighted by Gasteiger charge is -2.06. The van der Waals surface area contributed by atoms with Gasteiger partial charge in [0.1, 0.15) is 8.83 Å². The molecule has 0 aromatic carbocycles. The Bertz CT molecular complexity index is 38.5. The highest BCUT2D eigenvalue weighted by Gasteiger charge is 2.09. The molecule has 0 atom stereocenters. The summed E-state index contributed by atoms with van der Waals surface area (Å²) in [4.78, 5) is 0. The summed E-state index contributed by atoms with van der Waals surface area (Å²) in [5.74, 6) is 0. The maximum atomic E-state index is 5.65. The summed E-state index contributed by atoms with van der Waals surface area (Å²) in [6.45, 7) is 3.88. The Kier molecular flexibility index (Phi) is 2.49. The number of halogens is 2. The van der Waals surface area contributed by atoms with Crippen molar-refractivity contribution in [1.82, 2.24) is 0 Å². The van der Waals surface area contributed by atoms with Crippen LogP contribution in [0, 0.1) is 0 Å². The minimum Gasteiger partial charge on any atom is -0.174 e. The maximum Gasteiger partial charge on any atom is 0.146 e. The Morgan fingerprint density at radius 2 is 1.67 bits per heavy atom. The highest BCUT2D eigenvalue weighted by Crippen LogP contribution is 2.10. The minimum atomic E-state index is -0.510. The molecule has 0 spiro atoms. The van der Waals surface area contributed by atoms with Crippen molar-refractivity contribution >= 4 is 31.5 Å². The Balaban J connectivity index is 3.17. The third-order valence-electron chi connectivity index (χ3n) is 0.318. The van der Waals surface area contributed by atoms with Crippen molar-refractivity contribution in [2.24, 2.45) is 0 Å². The molecule has 0 aliphatic rings. The van der Waals surface area contributed by atoms with Crippen LogP contribution in [-0.2, 0) is 0 Å². The van der Waals surface area contributed by atoms with Crippen molar-refractivity contribution in [3.8, 4) is 0 Å². The fourth-order valence-corrected chi connectivity index (χ4v) is 0. The smallest absolute Gasteiger partial charge is 0.146 e. The summed E-state index contributed by atoms with van der Waals surface area (Å²) in [5, 5.41) is 0. The molecule has 0 aromatic rings. The lowest BCUT2D eigenvalue weighted by molar-refractivity contribution is 0.988. The summed E-state index contributed by atoms with van der Waals surface area (Å²) in [7, 11) is -0.510. The van der Waals surface area contributed by atoms with Gasteiger partial charge in [-0.3, -0.25) is 0 Å². The summed E-state index contributed by atoms with van der Waals surface area (Å²) in [5.41, 5.74) is 0. The Morgan fingerprint density at radius 3 is 1.67 bits per heavy atom. The van der Waals surface area contributed by atoms with Gasteiger partial charge in [-0.25, -0.2) is 0 Å². The maximum absolute atomic E-state index is 5.65. The van der Waals surface area contributed by atoms with Crippen molar-refractivity contribution < 1.29 is 0 Å². The van der Waals surface area contributed by atoms with Crippen LogP contribution in [0.1, 0.15) is 13.8 Å². The molecule has 0 bridgehead atoms. The molecule has 0 aliphatic carbocycles. The minimum absolute atomic E-state index is 0.0818. The molecule has 0 fully saturated rings. The molecule has 0 aromatic heterocycles. The first-order chi connectivity index (χ1) is 2.56. The van der Waals surface area contributed by atoms with Gasteiger partial charge in [0, 0.05) is 4.50 Å². The van der Waals surface area contributed by atoms with Crippen LogP contribution in [0.25, 0.3) is 0 Å². The van der Waals surface area contributed by atoms with Gasteiger partial charge in [0.25, 0.3) is 0 Å². The molecule has 0 radical (unpaired) electrons. The number of rotatable bonds is 1. The third kappa shape index (κ3) is 4.80. The zero-order chi connectivity index (χ0) is 5.21. The highest BCUT2D eigenvalue weighted by molar-refractivity contribution is 6.98. The summed E-state index contributed by atoms with van der Waals surface area (Å²) in [6, 6.07) is 0. The Labute approximate surface area is 50.4 Å². The summed E-state index contributed by atoms with van der Waals surface area (Å²) >= 11 is 11.1. The molecule has 6 heavy (non-hydrogen) atoms. The lowest BCUT2D eigenvalue weighted by Crippen LogP contribution is -2.14. The van der Waals surface area contributed by atoms with Crippen molar-refractivity contribution in [3.63, 3.8) is 0 Å². The molecule has 0 rings (SSSR count). The van der Waals surface area contributed by atoms with Gasteiger partial charge in [0.15, 0.2) is 0 Å². The molecule has 3 heteroatoms. The standard InChI is InChI=1S/C3H8Cl2Si/c1-3(2,4)6-5/h6H2,1-2H3. The van der Waals surface area contributed by atoms with Gasteiger partial charge in [0.2, 0.25) is 0 Å². The fraction of sp³-hybridized carbons (Fsp3) is 1.00. The zero-order valence-corrected chi connectivity index (χ0v) is 6.89. The second-order valence-corrected chi connectivity index (χ2v) is 6.16. The average molecular weight is 143 g/mol. The number of hydrogen-bond donors (Lipinski definition) is 0. The van der Waals surface area contributed by atoms with Crippen LogP contribution in [0.4, 0.5) is 0 Å². The second kappa shape index (κ2) is 2.19. The first-order valence-electron chi connectivity index (χ1n) is 1.81. The van der Waals surface area contributed by atoms with E-state index < -0.39 is 8.83 Å². The predicted octanol–water partition coefficient (Wildman–Crippen LogP) is 1.28. The molecule has 38 valence electrons. The van der Waals surface area contributed by atoms with Crippen LogP contribution >= 0.6 is 22.7 Å². The van der Waals surface area contributed by atoms with Crippen LogP contribution in [0.15, 0.2) is 0 Å². The van der Waals surface area contributed by atoms with E-state index in [0.717, 1.165) is 0 Å². The van der Waals surface area contributed by atoms with E-state index in [0.29, 0.717) is 0 Å². The molecule has 0 saturated carbocycles. The molecule has 0 nitrogen and oxygen atoms in total. The molecule has 0 saturated heterocycles. The van der Waals surface area contributed by atoms with Gasteiger partial charge < -0.3 is 0 Å².